The van der Waals surface area contributed by atoms with Crippen molar-refractivity contribution >= 4 is 11.6 Å². The van der Waals surface area contributed by atoms with E-state index in [9.17, 15) is 14.9 Å². The summed E-state index contributed by atoms with van der Waals surface area (Å²) in [6, 6.07) is 6.53. The number of nitrogens with zero attached hydrogens (tertiary/aromatic N) is 1. The number of rotatable bonds is 6. The van der Waals surface area contributed by atoms with E-state index in [2.05, 4.69) is 10.6 Å². The molecule has 1 fully saturated rings. The van der Waals surface area contributed by atoms with Gasteiger partial charge in [0.15, 0.2) is 0 Å². The summed E-state index contributed by atoms with van der Waals surface area (Å²) in [4.78, 5) is 22.5. The van der Waals surface area contributed by atoms with E-state index in [0.717, 1.165) is 24.9 Å². The van der Waals surface area contributed by atoms with Gasteiger partial charge in [-0.1, -0.05) is 19.1 Å². The Morgan fingerprint density at radius 3 is 3.00 bits per heavy atom. The summed E-state index contributed by atoms with van der Waals surface area (Å²) in [6.45, 7) is 2.93. The maximum absolute atomic E-state index is 12.1. The third-order valence-electron chi connectivity index (χ3n) is 3.82. The van der Waals surface area contributed by atoms with Gasteiger partial charge in [-0.15, -0.1) is 0 Å². The predicted octanol–water partition coefficient (Wildman–Crippen LogP) is 2.30. The Balaban J connectivity index is 2.00. The zero-order valence-corrected chi connectivity index (χ0v) is 12.2. The summed E-state index contributed by atoms with van der Waals surface area (Å²) in [5, 5.41) is 17.1. The number of carbonyl (C=O) groups is 1. The number of carbonyl (C=O) groups excluding carboxylic acids is 1. The molecule has 21 heavy (non-hydrogen) atoms. The average Bonchev–Trinajstić information content (AvgIpc) is 2.97. The zero-order valence-electron chi connectivity index (χ0n) is 12.2. The molecule has 0 saturated carbocycles. The Labute approximate surface area is 124 Å². The molecule has 0 radical (unpaired) electrons. The first-order chi connectivity index (χ1) is 10.1. The number of hydrogen-bond acceptors (Lipinski definition) is 4. The zero-order chi connectivity index (χ0) is 15.2. The van der Waals surface area contributed by atoms with E-state index in [0.29, 0.717) is 12.8 Å². The van der Waals surface area contributed by atoms with Crippen molar-refractivity contribution in [2.24, 2.45) is 0 Å². The van der Waals surface area contributed by atoms with Crippen molar-refractivity contribution in [3.8, 4) is 0 Å². The first kappa shape index (κ1) is 15.4. The van der Waals surface area contributed by atoms with E-state index in [4.69, 9.17) is 0 Å². The SMILES string of the molecule is CCC(NC(=O)CC1CCCN1)c1cccc([N+](=O)[O-])c1. The normalized spacial score (nSPS) is 19.2. The minimum atomic E-state index is -0.416. The van der Waals surface area contributed by atoms with Crippen LogP contribution in [0.25, 0.3) is 0 Å². The van der Waals surface area contributed by atoms with Gasteiger partial charge in [0, 0.05) is 24.6 Å². The Hall–Kier alpha value is -1.95. The van der Waals surface area contributed by atoms with Gasteiger partial charge in [-0.25, -0.2) is 0 Å². The number of nitro benzene ring substituents is 1. The fourth-order valence-electron chi connectivity index (χ4n) is 2.68. The molecule has 114 valence electrons. The van der Waals surface area contributed by atoms with Gasteiger partial charge in [0.05, 0.1) is 11.0 Å². The molecule has 1 aliphatic heterocycles. The van der Waals surface area contributed by atoms with Crippen LogP contribution in [0.2, 0.25) is 0 Å². The van der Waals surface area contributed by atoms with Crippen molar-refractivity contribution in [2.45, 2.75) is 44.7 Å². The smallest absolute Gasteiger partial charge is 0.269 e. The maximum Gasteiger partial charge on any atom is 0.269 e. The summed E-state index contributed by atoms with van der Waals surface area (Å²) < 4.78 is 0. The third kappa shape index (κ3) is 4.26. The molecule has 1 saturated heterocycles. The summed E-state index contributed by atoms with van der Waals surface area (Å²) in [6.07, 6.45) is 3.30. The van der Waals surface area contributed by atoms with Crippen LogP contribution in [0.1, 0.15) is 44.2 Å². The van der Waals surface area contributed by atoms with Gasteiger partial charge in [0.1, 0.15) is 0 Å². The first-order valence-electron chi connectivity index (χ1n) is 7.37. The maximum atomic E-state index is 12.1. The van der Waals surface area contributed by atoms with E-state index in [1.807, 2.05) is 13.0 Å². The van der Waals surface area contributed by atoms with Crippen molar-refractivity contribution in [3.63, 3.8) is 0 Å². The minimum absolute atomic E-state index is 0.00671. The molecular formula is C15H21N3O3. The van der Waals surface area contributed by atoms with E-state index in [-0.39, 0.29) is 23.7 Å². The van der Waals surface area contributed by atoms with Crippen molar-refractivity contribution in [2.75, 3.05) is 6.54 Å². The highest BCUT2D eigenvalue weighted by molar-refractivity contribution is 5.77. The summed E-state index contributed by atoms with van der Waals surface area (Å²) >= 11 is 0. The molecule has 1 amide bonds. The quantitative estimate of drug-likeness (QED) is 0.622. The molecule has 1 heterocycles. The monoisotopic (exact) mass is 291 g/mol. The van der Waals surface area contributed by atoms with E-state index in [1.165, 1.54) is 12.1 Å². The van der Waals surface area contributed by atoms with Gasteiger partial charge in [0.25, 0.3) is 5.69 Å². The Morgan fingerprint density at radius 2 is 2.38 bits per heavy atom. The van der Waals surface area contributed by atoms with Crippen LogP contribution in [0.3, 0.4) is 0 Å². The Morgan fingerprint density at radius 1 is 1.57 bits per heavy atom. The van der Waals surface area contributed by atoms with Crippen molar-refractivity contribution in [1.29, 1.82) is 0 Å². The van der Waals surface area contributed by atoms with E-state index >= 15 is 0 Å². The first-order valence-corrected chi connectivity index (χ1v) is 7.37. The lowest BCUT2D eigenvalue weighted by Crippen LogP contribution is -2.34. The van der Waals surface area contributed by atoms with Crippen LogP contribution in [0, 0.1) is 10.1 Å². The van der Waals surface area contributed by atoms with Crippen molar-refractivity contribution in [1.82, 2.24) is 10.6 Å². The summed E-state index contributed by atoms with van der Waals surface area (Å²) in [5.41, 5.74) is 0.831. The highest BCUT2D eigenvalue weighted by atomic mass is 16.6. The highest BCUT2D eigenvalue weighted by Gasteiger charge is 2.20. The molecule has 1 aromatic carbocycles. The number of nitro groups is 1. The highest BCUT2D eigenvalue weighted by Crippen LogP contribution is 2.22. The standard InChI is InChI=1S/C15H21N3O3/c1-2-14(11-5-3-7-13(9-11)18(20)21)17-15(19)10-12-6-4-8-16-12/h3,5,7,9,12,14,16H,2,4,6,8,10H2,1H3,(H,17,19). The fourth-order valence-corrected chi connectivity index (χ4v) is 2.68. The number of non-ortho nitro benzene ring substituents is 1. The Bertz CT molecular complexity index is 513. The molecule has 1 aliphatic rings. The topological polar surface area (TPSA) is 84.3 Å². The molecule has 0 aliphatic carbocycles. The van der Waals surface area contributed by atoms with Crippen LogP contribution in [-0.4, -0.2) is 23.4 Å². The summed E-state index contributed by atoms with van der Waals surface area (Å²) in [5.74, 6) is -0.00671. The van der Waals surface area contributed by atoms with Crippen LogP contribution in [0.4, 0.5) is 5.69 Å². The lowest BCUT2D eigenvalue weighted by Gasteiger charge is -2.19. The van der Waals surface area contributed by atoms with E-state index < -0.39 is 4.92 Å². The van der Waals surface area contributed by atoms with Gasteiger partial charge in [-0.05, 0) is 31.4 Å². The minimum Gasteiger partial charge on any atom is -0.349 e. The van der Waals surface area contributed by atoms with Gasteiger partial charge in [0.2, 0.25) is 5.91 Å². The molecule has 0 spiro atoms. The lowest BCUT2D eigenvalue weighted by atomic mass is 10.0. The van der Waals surface area contributed by atoms with Gasteiger partial charge >= 0.3 is 0 Å². The van der Waals surface area contributed by atoms with Crippen LogP contribution in [-0.2, 0) is 4.79 Å². The molecule has 2 atom stereocenters. The predicted molar refractivity (Wildman–Crippen MR) is 79.9 cm³/mol. The Kier molecular flexibility index (Phi) is 5.27. The van der Waals surface area contributed by atoms with E-state index in [1.54, 1.807) is 6.07 Å². The number of nitrogens with one attached hydrogen (secondary N) is 2. The van der Waals surface area contributed by atoms with Crippen LogP contribution < -0.4 is 10.6 Å². The van der Waals surface area contributed by atoms with Crippen LogP contribution in [0.15, 0.2) is 24.3 Å². The lowest BCUT2D eigenvalue weighted by molar-refractivity contribution is -0.384. The third-order valence-corrected chi connectivity index (χ3v) is 3.82. The summed E-state index contributed by atoms with van der Waals surface area (Å²) in [7, 11) is 0. The molecule has 6 nitrogen and oxygen atoms in total. The second-order valence-electron chi connectivity index (χ2n) is 5.38. The van der Waals surface area contributed by atoms with Gasteiger partial charge in [-0.3, -0.25) is 14.9 Å². The number of amides is 1. The van der Waals surface area contributed by atoms with Crippen LogP contribution >= 0.6 is 0 Å². The van der Waals surface area contributed by atoms with Gasteiger partial charge < -0.3 is 10.6 Å². The number of benzene rings is 1. The molecule has 2 unspecified atom stereocenters. The molecule has 6 heteroatoms. The second kappa shape index (κ2) is 7.17. The van der Waals surface area contributed by atoms with Crippen LogP contribution in [0.5, 0.6) is 0 Å². The molecule has 0 aromatic heterocycles. The number of hydrogen-bond donors (Lipinski definition) is 2. The van der Waals surface area contributed by atoms with Gasteiger partial charge in [-0.2, -0.15) is 0 Å². The fraction of sp³-hybridized carbons (Fsp3) is 0.533. The molecule has 2 rings (SSSR count). The molecule has 0 bridgehead atoms. The molecular weight excluding hydrogens is 270 g/mol. The molecule has 2 N–H and O–H groups in total. The largest absolute Gasteiger partial charge is 0.349 e. The average molecular weight is 291 g/mol. The molecule has 1 aromatic rings. The van der Waals surface area contributed by atoms with Crippen molar-refractivity contribution in [3.05, 3.63) is 39.9 Å². The second-order valence-corrected chi connectivity index (χ2v) is 5.38. The van der Waals surface area contributed by atoms with Crippen molar-refractivity contribution < 1.29 is 9.72 Å².